The Balaban J connectivity index is 2.80. The average Bonchev–Trinajstić information content (AvgIpc) is 2.09. The van der Waals surface area contributed by atoms with E-state index in [4.69, 9.17) is 5.11 Å². The molecule has 0 amide bonds. The van der Waals surface area contributed by atoms with Crippen LogP contribution in [0, 0.1) is 6.92 Å². The molecule has 0 heterocycles. The fraction of sp³-hybridized carbons (Fsp3) is 0.455. The van der Waals surface area contributed by atoms with Crippen molar-refractivity contribution < 1.29 is 10.2 Å². The van der Waals surface area contributed by atoms with Crippen LogP contribution in [0.25, 0.3) is 0 Å². The van der Waals surface area contributed by atoms with E-state index in [2.05, 4.69) is 0 Å². The maximum Gasteiger partial charge on any atom is 0.0889 e. The Kier molecular flexibility index (Phi) is 3.07. The molecule has 0 radical (unpaired) electrons. The molecule has 0 fully saturated rings. The lowest BCUT2D eigenvalue weighted by molar-refractivity contribution is 0.00221. The van der Waals surface area contributed by atoms with Crippen molar-refractivity contribution in [1.29, 1.82) is 0 Å². The number of hydrogen-bond donors (Lipinski definition) is 2. The van der Waals surface area contributed by atoms with Gasteiger partial charge in [-0.25, -0.2) is 0 Å². The molecular formula is C11H16O2. The van der Waals surface area contributed by atoms with Gasteiger partial charge in [0.1, 0.15) is 0 Å². The summed E-state index contributed by atoms with van der Waals surface area (Å²) in [6, 6.07) is 7.88. The van der Waals surface area contributed by atoms with Crippen molar-refractivity contribution in [2.75, 3.05) is 6.61 Å². The highest BCUT2D eigenvalue weighted by Crippen LogP contribution is 2.15. The monoisotopic (exact) mass is 180 g/mol. The van der Waals surface area contributed by atoms with Gasteiger partial charge in [-0.1, -0.05) is 24.3 Å². The second kappa shape index (κ2) is 3.90. The minimum atomic E-state index is -1.01. The molecule has 0 aliphatic rings. The Morgan fingerprint density at radius 1 is 1.31 bits per heavy atom. The molecule has 0 aliphatic carbocycles. The Morgan fingerprint density at radius 3 is 2.46 bits per heavy atom. The van der Waals surface area contributed by atoms with Crippen molar-refractivity contribution >= 4 is 0 Å². The summed E-state index contributed by atoms with van der Waals surface area (Å²) in [4.78, 5) is 0. The second-order valence-corrected chi connectivity index (χ2v) is 3.76. The summed E-state index contributed by atoms with van der Waals surface area (Å²) >= 11 is 0. The summed E-state index contributed by atoms with van der Waals surface area (Å²) < 4.78 is 0. The van der Waals surface area contributed by atoms with Gasteiger partial charge >= 0.3 is 0 Å². The van der Waals surface area contributed by atoms with Crippen LogP contribution in [0.4, 0.5) is 0 Å². The third kappa shape index (κ3) is 2.83. The Morgan fingerprint density at radius 2 is 1.92 bits per heavy atom. The van der Waals surface area contributed by atoms with Crippen molar-refractivity contribution in [2.24, 2.45) is 0 Å². The zero-order valence-corrected chi connectivity index (χ0v) is 8.12. The standard InChI is InChI=1S/C11H16O2/c1-9-5-3-4-6-10(9)7-11(2,13)8-12/h3-6,12-13H,7-8H2,1-2H3. The smallest absolute Gasteiger partial charge is 0.0889 e. The highest BCUT2D eigenvalue weighted by atomic mass is 16.3. The van der Waals surface area contributed by atoms with E-state index in [0.717, 1.165) is 11.1 Å². The highest BCUT2D eigenvalue weighted by molar-refractivity contribution is 5.26. The van der Waals surface area contributed by atoms with E-state index in [0.29, 0.717) is 6.42 Å². The van der Waals surface area contributed by atoms with Crippen molar-refractivity contribution in [1.82, 2.24) is 0 Å². The van der Waals surface area contributed by atoms with Crippen LogP contribution in [-0.4, -0.2) is 22.4 Å². The van der Waals surface area contributed by atoms with E-state index in [1.165, 1.54) is 0 Å². The number of aliphatic hydroxyl groups excluding tert-OH is 1. The first-order valence-corrected chi connectivity index (χ1v) is 4.43. The van der Waals surface area contributed by atoms with Gasteiger partial charge in [0.05, 0.1) is 12.2 Å². The second-order valence-electron chi connectivity index (χ2n) is 3.76. The molecule has 1 aromatic carbocycles. The van der Waals surface area contributed by atoms with E-state index in [1.54, 1.807) is 6.92 Å². The summed E-state index contributed by atoms with van der Waals surface area (Å²) in [6.07, 6.45) is 0.496. The van der Waals surface area contributed by atoms with Crippen LogP contribution in [0.5, 0.6) is 0 Å². The maximum absolute atomic E-state index is 9.65. The zero-order chi connectivity index (χ0) is 9.90. The molecular weight excluding hydrogens is 164 g/mol. The molecule has 1 unspecified atom stereocenters. The molecule has 72 valence electrons. The van der Waals surface area contributed by atoms with Crippen molar-refractivity contribution in [2.45, 2.75) is 25.9 Å². The fourth-order valence-electron chi connectivity index (χ4n) is 1.27. The Bertz CT molecular complexity index is 279. The van der Waals surface area contributed by atoms with Crippen LogP contribution in [0.2, 0.25) is 0 Å². The summed E-state index contributed by atoms with van der Waals surface area (Å²) in [6.45, 7) is 3.43. The van der Waals surface area contributed by atoms with E-state index in [-0.39, 0.29) is 6.61 Å². The summed E-state index contributed by atoms with van der Waals surface area (Å²) in [7, 11) is 0. The van der Waals surface area contributed by atoms with Crippen LogP contribution in [0.15, 0.2) is 24.3 Å². The average molecular weight is 180 g/mol. The number of benzene rings is 1. The lowest BCUT2D eigenvalue weighted by atomic mass is 9.94. The first kappa shape index (κ1) is 10.2. The lowest BCUT2D eigenvalue weighted by Crippen LogP contribution is -2.31. The third-order valence-electron chi connectivity index (χ3n) is 2.17. The summed E-state index contributed by atoms with van der Waals surface area (Å²) in [5.41, 5.74) is 1.23. The number of aliphatic hydroxyl groups is 2. The number of hydrogen-bond acceptors (Lipinski definition) is 2. The van der Waals surface area contributed by atoms with Crippen LogP contribution in [-0.2, 0) is 6.42 Å². The first-order chi connectivity index (χ1) is 6.05. The molecule has 1 aromatic rings. The van der Waals surface area contributed by atoms with E-state index >= 15 is 0 Å². The molecule has 1 atom stereocenters. The van der Waals surface area contributed by atoms with Gasteiger partial charge in [-0.2, -0.15) is 0 Å². The molecule has 2 heteroatoms. The zero-order valence-electron chi connectivity index (χ0n) is 8.12. The molecule has 13 heavy (non-hydrogen) atoms. The Labute approximate surface area is 78.8 Å². The van der Waals surface area contributed by atoms with Gasteiger partial charge in [-0.05, 0) is 25.0 Å². The minimum Gasteiger partial charge on any atom is -0.393 e. The predicted molar refractivity (Wildman–Crippen MR) is 52.6 cm³/mol. The van der Waals surface area contributed by atoms with Gasteiger partial charge in [0.25, 0.3) is 0 Å². The predicted octanol–water partition coefficient (Wildman–Crippen LogP) is 1.28. The van der Waals surface area contributed by atoms with Gasteiger partial charge in [-0.15, -0.1) is 0 Å². The fourth-order valence-corrected chi connectivity index (χ4v) is 1.27. The minimum absolute atomic E-state index is 0.207. The van der Waals surface area contributed by atoms with Crippen LogP contribution in [0.3, 0.4) is 0 Å². The molecule has 2 nitrogen and oxygen atoms in total. The molecule has 0 spiro atoms. The van der Waals surface area contributed by atoms with Gasteiger partial charge < -0.3 is 10.2 Å². The van der Waals surface area contributed by atoms with Crippen LogP contribution in [0.1, 0.15) is 18.1 Å². The van der Waals surface area contributed by atoms with Crippen molar-refractivity contribution in [3.8, 4) is 0 Å². The van der Waals surface area contributed by atoms with E-state index in [1.807, 2.05) is 31.2 Å². The van der Waals surface area contributed by atoms with Gasteiger partial charge in [0, 0.05) is 6.42 Å². The summed E-state index contributed by atoms with van der Waals surface area (Å²) in [5.74, 6) is 0. The SMILES string of the molecule is Cc1ccccc1CC(C)(O)CO. The molecule has 0 aliphatic heterocycles. The molecule has 1 rings (SSSR count). The molecule has 0 saturated heterocycles. The van der Waals surface area contributed by atoms with Crippen molar-refractivity contribution in [3.05, 3.63) is 35.4 Å². The van der Waals surface area contributed by atoms with Crippen LogP contribution < -0.4 is 0 Å². The number of rotatable bonds is 3. The number of aryl methyl sites for hydroxylation is 1. The van der Waals surface area contributed by atoms with Crippen molar-refractivity contribution in [3.63, 3.8) is 0 Å². The molecule has 2 N–H and O–H groups in total. The first-order valence-electron chi connectivity index (χ1n) is 4.43. The Hall–Kier alpha value is -0.860. The van der Waals surface area contributed by atoms with Gasteiger partial charge in [0.15, 0.2) is 0 Å². The summed E-state index contributed by atoms with van der Waals surface area (Å²) in [5, 5.41) is 18.5. The topological polar surface area (TPSA) is 40.5 Å². The van der Waals surface area contributed by atoms with Crippen LogP contribution >= 0.6 is 0 Å². The molecule has 0 bridgehead atoms. The maximum atomic E-state index is 9.65. The molecule has 0 saturated carbocycles. The molecule has 0 aromatic heterocycles. The van der Waals surface area contributed by atoms with Gasteiger partial charge in [0.2, 0.25) is 0 Å². The quantitative estimate of drug-likeness (QED) is 0.735. The van der Waals surface area contributed by atoms with Gasteiger partial charge in [-0.3, -0.25) is 0 Å². The van der Waals surface area contributed by atoms with E-state index in [9.17, 15) is 5.11 Å². The highest BCUT2D eigenvalue weighted by Gasteiger charge is 2.19. The van der Waals surface area contributed by atoms with E-state index < -0.39 is 5.60 Å². The largest absolute Gasteiger partial charge is 0.393 e. The third-order valence-corrected chi connectivity index (χ3v) is 2.17. The lowest BCUT2D eigenvalue weighted by Gasteiger charge is -2.21. The normalized spacial score (nSPS) is 15.4.